The average molecular weight is 384 g/mol. The zero-order chi connectivity index (χ0) is 20.5. The molecule has 0 aliphatic rings. The summed E-state index contributed by atoms with van der Waals surface area (Å²) in [6.07, 6.45) is 2.33. The average Bonchev–Trinajstić information content (AvgIpc) is 2.79. The third-order valence-corrected chi connectivity index (χ3v) is 4.66. The number of carbonyl (C=O) groups is 1. The van der Waals surface area contributed by atoms with E-state index in [4.69, 9.17) is 4.74 Å². The van der Waals surface area contributed by atoms with Crippen LogP contribution in [-0.4, -0.2) is 18.0 Å². The van der Waals surface area contributed by atoms with Gasteiger partial charge in [0.25, 0.3) is 0 Å². The standard InChI is InChI=1S/C26H24O3/c1-29-23-18-16-22(17-19-23)26(28)24(25(27)21-13-6-3-7-14-21)15-9-8-12-20-10-4-2-5-11-20/h2-7,9-11,13-14,16-19,26,28H,8,12H2,1H3/t15?,26-/m1/s1. The van der Waals surface area contributed by atoms with Crippen LogP contribution in [0.15, 0.2) is 102 Å². The second kappa shape index (κ2) is 10.2. The predicted octanol–water partition coefficient (Wildman–Crippen LogP) is 5.33. The van der Waals surface area contributed by atoms with Crippen molar-refractivity contribution in [1.29, 1.82) is 0 Å². The molecular weight excluding hydrogens is 360 g/mol. The molecule has 0 aliphatic heterocycles. The number of hydrogen-bond acceptors (Lipinski definition) is 3. The molecule has 1 N–H and O–H groups in total. The van der Waals surface area contributed by atoms with E-state index in [1.54, 1.807) is 43.5 Å². The number of methoxy groups -OCH3 is 1. The maximum atomic E-state index is 13.0. The number of ether oxygens (including phenoxy) is 1. The van der Waals surface area contributed by atoms with Crippen LogP contribution in [0.3, 0.4) is 0 Å². The van der Waals surface area contributed by atoms with Gasteiger partial charge in [0.05, 0.1) is 12.7 Å². The first-order chi connectivity index (χ1) is 14.2. The zero-order valence-corrected chi connectivity index (χ0v) is 16.4. The summed E-state index contributed by atoms with van der Waals surface area (Å²) in [4.78, 5) is 13.0. The van der Waals surface area contributed by atoms with Crippen LogP contribution >= 0.6 is 0 Å². The smallest absolute Gasteiger partial charge is 0.199 e. The summed E-state index contributed by atoms with van der Waals surface area (Å²) >= 11 is 0. The first-order valence-corrected chi connectivity index (χ1v) is 9.60. The molecule has 146 valence electrons. The minimum atomic E-state index is -1.07. The van der Waals surface area contributed by atoms with Gasteiger partial charge in [0.2, 0.25) is 0 Å². The van der Waals surface area contributed by atoms with Gasteiger partial charge in [-0.3, -0.25) is 4.79 Å². The lowest BCUT2D eigenvalue weighted by Gasteiger charge is -2.13. The summed E-state index contributed by atoms with van der Waals surface area (Å²) in [5.41, 5.74) is 5.67. The number of hydrogen-bond donors (Lipinski definition) is 1. The van der Waals surface area contributed by atoms with E-state index in [0.29, 0.717) is 16.9 Å². The summed E-state index contributed by atoms with van der Waals surface area (Å²) in [5, 5.41) is 10.9. The molecule has 3 nitrogen and oxygen atoms in total. The fourth-order valence-corrected chi connectivity index (χ4v) is 3.03. The van der Waals surface area contributed by atoms with Gasteiger partial charge in [-0.2, -0.15) is 0 Å². The number of rotatable bonds is 8. The maximum absolute atomic E-state index is 13.0. The molecule has 0 fully saturated rings. The highest BCUT2D eigenvalue weighted by atomic mass is 16.5. The van der Waals surface area contributed by atoms with Crippen molar-refractivity contribution in [3.05, 3.63) is 119 Å². The van der Waals surface area contributed by atoms with Crippen molar-refractivity contribution in [2.24, 2.45) is 0 Å². The van der Waals surface area contributed by atoms with E-state index in [2.05, 4.69) is 17.9 Å². The Labute approximate surface area is 171 Å². The van der Waals surface area contributed by atoms with Crippen molar-refractivity contribution in [3.8, 4) is 5.75 Å². The second-order valence-electron chi connectivity index (χ2n) is 6.66. The first kappa shape index (κ1) is 20.3. The topological polar surface area (TPSA) is 46.5 Å². The van der Waals surface area contributed by atoms with Crippen LogP contribution < -0.4 is 4.74 Å². The second-order valence-corrected chi connectivity index (χ2v) is 6.66. The van der Waals surface area contributed by atoms with Crippen molar-refractivity contribution in [3.63, 3.8) is 0 Å². The van der Waals surface area contributed by atoms with Crippen molar-refractivity contribution < 1.29 is 14.6 Å². The van der Waals surface area contributed by atoms with Crippen molar-refractivity contribution in [2.75, 3.05) is 7.11 Å². The van der Waals surface area contributed by atoms with Crippen molar-refractivity contribution in [1.82, 2.24) is 0 Å². The van der Waals surface area contributed by atoms with Crippen LogP contribution in [0.5, 0.6) is 5.75 Å². The Morgan fingerprint density at radius 3 is 2.21 bits per heavy atom. The Morgan fingerprint density at radius 2 is 1.59 bits per heavy atom. The van der Waals surface area contributed by atoms with Crippen LogP contribution in [0, 0.1) is 0 Å². The van der Waals surface area contributed by atoms with Gasteiger partial charge < -0.3 is 9.84 Å². The third kappa shape index (κ3) is 5.55. The lowest BCUT2D eigenvalue weighted by molar-refractivity contribution is 0.0987. The van der Waals surface area contributed by atoms with Gasteiger partial charge in [0, 0.05) is 5.56 Å². The number of aliphatic hydroxyl groups excluding tert-OH is 1. The predicted molar refractivity (Wildman–Crippen MR) is 115 cm³/mol. The van der Waals surface area contributed by atoms with Gasteiger partial charge in [0.1, 0.15) is 11.9 Å². The lowest BCUT2D eigenvalue weighted by atomic mass is 9.94. The molecule has 0 bridgehead atoms. The maximum Gasteiger partial charge on any atom is 0.199 e. The van der Waals surface area contributed by atoms with Crippen LogP contribution in [0.4, 0.5) is 0 Å². The van der Waals surface area contributed by atoms with E-state index in [9.17, 15) is 9.90 Å². The molecule has 0 amide bonds. The van der Waals surface area contributed by atoms with Gasteiger partial charge in [-0.05, 0) is 42.2 Å². The zero-order valence-electron chi connectivity index (χ0n) is 16.4. The van der Waals surface area contributed by atoms with Gasteiger partial charge >= 0.3 is 0 Å². The first-order valence-electron chi connectivity index (χ1n) is 9.60. The monoisotopic (exact) mass is 384 g/mol. The van der Waals surface area contributed by atoms with Gasteiger partial charge in [-0.15, -0.1) is 5.73 Å². The van der Waals surface area contributed by atoms with Gasteiger partial charge in [-0.1, -0.05) is 72.8 Å². The Balaban J connectivity index is 1.87. The molecule has 1 atom stereocenters. The van der Waals surface area contributed by atoms with Crippen LogP contribution in [0.1, 0.15) is 34.0 Å². The highest BCUT2D eigenvalue weighted by Gasteiger charge is 2.21. The summed E-state index contributed by atoms with van der Waals surface area (Å²) < 4.78 is 5.17. The summed E-state index contributed by atoms with van der Waals surface area (Å²) in [5.74, 6) is 0.462. The fourth-order valence-electron chi connectivity index (χ4n) is 3.03. The molecule has 0 aromatic heterocycles. The molecule has 0 heterocycles. The molecule has 29 heavy (non-hydrogen) atoms. The number of Topliss-reactive ketones (excluding diaryl/α,β-unsaturated/α-hetero) is 1. The molecule has 0 unspecified atom stereocenters. The highest BCUT2D eigenvalue weighted by molar-refractivity contribution is 6.09. The van der Waals surface area contributed by atoms with Crippen molar-refractivity contribution >= 4 is 5.78 Å². The third-order valence-electron chi connectivity index (χ3n) is 4.66. The Bertz CT molecular complexity index is 983. The summed E-state index contributed by atoms with van der Waals surface area (Å²) in [6.45, 7) is 0. The van der Waals surface area contributed by atoms with E-state index in [0.717, 1.165) is 12.8 Å². The van der Waals surface area contributed by atoms with Gasteiger partial charge in [0.15, 0.2) is 5.78 Å². The quantitative estimate of drug-likeness (QED) is 0.325. The molecule has 0 radical (unpaired) electrons. The minimum Gasteiger partial charge on any atom is -0.497 e. The molecule has 3 heteroatoms. The SMILES string of the molecule is COc1ccc([C@@H](O)C(=C=CCCc2ccccc2)C(=O)c2ccccc2)cc1. The van der Waals surface area contributed by atoms with E-state index in [1.165, 1.54) is 5.56 Å². The number of ketones is 1. The molecule has 0 aliphatic carbocycles. The van der Waals surface area contributed by atoms with Gasteiger partial charge in [-0.25, -0.2) is 0 Å². The Hall–Kier alpha value is -3.39. The largest absolute Gasteiger partial charge is 0.497 e. The fraction of sp³-hybridized carbons (Fsp3) is 0.154. The lowest BCUT2D eigenvalue weighted by Crippen LogP contribution is -2.11. The molecule has 3 aromatic rings. The van der Waals surface area contributed by atoms with E-state index in [1.807, 2.05) is 42.5 Å². The number of benzene rings is 3. The minimum absolute atomic E-state index is 0.231. The number of carbonyl (C=O) groups excluding carboxylic acids is 1. The van der Waals surface area contributed by atoms with E-state index >= 15 is 0 Å². The van der Waals surface area contributed by atoms with E-state index < -0.39 is 6.10 Å². The van der Waals surface area contributed by atoms with Crippen LogP contribution in [-0.2, 0) is 6.42 Å². The van der Waals surface area contributed by atoms with Crippen molar-refractivity contribution in [2.45, 2.75) is 18.9 Å². The number of aliphatic hydroxyl groups is 1. The molecule has 0 saturated heterocycles. The normalized spacial score (nSPS) is 11.2. The summed E-state index contributed by atoms with van der Waals surface area (Å²) in [7, 11) is 1.59. The van der Waals surface area contributed by atoms with E-state index in [-0.39, 0.29) is 11.4 Å². The Kier molecular flexibility index (Phi) is 7.18. The summed E-state index contributed by atoms with van der Waals surface area (Å²) in [6, 6.07) is 26.2. The van der Waals surface area contributed by atoms with Crippen LogP contribution in [0.2, 0.25) is 0 Å². The molecule has 0 spiro atoms. The van der Waals surface area contributed by atoms with Crippen LogP contribution in [0.25, 0.3) is 0 Å². The molecular formula is C26H24O3. The Morgan fingerprint density at radius 1 is 0.966 bits per heavy atom. The molecule has 3 aromatic carbocycles. The number of aryl methyl sites for hydroxylation is 1. The molecule has 0 saturated carbocycles. The molecule has 3 rings (SSSR count). The highest BCUT2D eigenvalue weighted by Crippen LogP contribution is 2.26.